The molecule has 0 spiro atoms. The zero-order valence-corrected chi connectivity index (χ0v) is 14.8. The van der Waals surface area contributed by atoms with Crippen LogP contribution in [0, 0.1) is 0 Å². The minimum atomic E-state index is -0.0854. The number of fused-ring (bicyclic) bond motifs is 1. The van der Waals surface area contributed by atoms with Gasteiger partial charge in [-0.15, -0.1) is 0 Å². The van der Waals surface area contributed by atoms with Gasteiger partial charge in [-0.2, -0.15) is 0 Å². The Morgan fingerprint density at radius 3 is 2.62 bits per heavy atom. The molecular weight excluding hydrogens is 334 g/mol. The summed E-state index contributed by atoms with van der Waals surface area (Å²) in [5, 5.41) is 3.76. The van der Waals surface area contributed by atoms with E-state index in [2.05, 4.69) is 5.32 Å². The van der Waals surface area contributed by atoms with Crippen LogP contribution in [-0.2, 0) is 11.2 Å². The predicted molar refractivity (Wildman–Crippen MR) is 98.0 cm³/mol. The van der Waals surface area contributed by atoms with Crippen molar-refractivity contribution >= 4 is 16.9 Å². The number of hydrogen-bond acceptors (Lipinski definition) is 5. The molecule has 0 saturated heterocycles. The van der Waals surface area contributed by atoms with Crippen molar-refractivity contribution in [3.63, 3.8) is 0 Å². The zero-order valence-electron chi connectivity index (χ0n) is 14.8. The molecule has 1 N–H and O–H groups in total. The molecule has 0 aliphatic heterocycles. The number of benzene rings is 2. The number of nitrogens with one attached hydrogen (secondary N) is 1. The van der Waals surface area contributed by atoms with Gasteiger partial charge in [0.2, 0.25) is 5.91 Å². The van der Waals surface area contributed by atoms with Gasteiger partial charge in [0.05, 0.1) is 33.4 Å². The van der Waals surface area contributed by atoms with Crippen molar-refractivity contribution in [1.29, 1.82) is 0 Å². The maximum absolute atomic E-state index is 12.1. The zero-order chi connectivity index (χ0) is 18.4. The summed E-state index contributed by atoms with van der Waals surface area (Å²) in [5.74, 6) is 2.07. The Kier molecular flexibility index (Phi) is 5.63. The predicted octanol–water partition coefficient (Wildman–Crippen LogP) is 3.19. The standard InChI is InChI=1S/C20H21NO5/c1-23-15-4-3-5-17(11-15)25-9-8-21-20(22)10-14-13-26-19-12-16(24-2)6-7-18(14)19/h3-7,11-13H,8-10H2,1-2H3,(H,21,22). The van der Waals surface area contributed by atoms with Gasteiger partial charge in [-0.05, 0) is 24.3 Å². The monoisotopic (exact) mass is 355 g/mol. The summed E-state index contributed by atoms with van der Waals surface area (Å²) in [6.07, 6.45) is 1.86. The maximum atomic E-state index is 12.1. The van der Waals surface area contributed by atoms with Crippen molar-refractivity contribution in [2.24, 2.45) is 0 Å². The van der Waals surface area contributed by atoms with E-state index in [-0.39, 0.29) is 12.3 Å². The molecular formula is C20H21NO5. The highest BCUT2D eigenvalue weighted by Gasteiger charge is 2.11. The molecule has 0 unspecified atom stereocenters. The lowest BCUT2D eigenvalue weighted by molar-refractivity contribution is -0.120. The smallest absolute Gasteiger partial charge is 0.224 e. The number of rotatable bonds is 8. The van der Waals surface area contributed by atoms with Crippen LogP contribution < -0.4 is 19.5 Å². The molecule has 1 aromatic heterocycles. The Morgan fingerprint density at radius 1 is 1.04 bits per heavy atom. The van der Waals surface area contributed by atoms with Crippen molar-refractivity contribution in [1.82, 2.24) is 5.32 Å². The van der Waals surface area contributed by atoms with E-state index in [9.17, 15) is 4.79 Å². The van der Waals surface area contributed by atoms with E-state index < -0.39 is 0 Å². The maximum Gasteiger partial charge on any atom is 0.224 e. The lowest BCUT2D eigenvalue weighted by Crippen LogP contribution is -2.29. The Morgan fingerprint density at radius 2 is 1.81 bits per heavy atom. The van der Waals surface area contributed by atoms with Crippen molar-refractivity contribution in [2.45, 2.75) is 6.42 Å². The SMILES string of the molecule is COc1cccc(OCCNC(=O)Cc2coc3cc(OC)ccc23)c1. The molecule has 1 heterocycles. The van der Waals surface area contributed by atoms with Crippen molar-refractivity contribution in [3.05, 3.63) is 54.3 Å². The first kappa shape index (κ1) is 17.7. The largest absolute Gasteiger partial charge is 0.497 e. The first-order chi connectivity index (χ1) is 12.7. The number of methoxy groups -OCH3 is 2. The van der Waals surface area contributed by atoms with Crippen LogP contribution in [0.15, 0.2) is 53.1 Å². The molecule has 0 bridgehead atoms. The quantitative estimate of drug-likeness (QED) is 0.629. The van der Waals surface area contributed by atoms with Gasteiger partial charge in [0.1, 0.15) is 29.4 Å². The molecule has 0 fully saturated rings. The van der Waals surface area contributed by atoms with Crippen LogP contribution in [0.25, 0.3) is 11.0 Å². The number of ether oxygens (including phenoxy) is 3. The Labute approximate surface area is 151 Å². The Hall–Kier alpha value is -3.15. The van der Waals surface area contributed by atoms with Crippen LogP contribution in [0.3, 0.4) is 0 Å². The van der Waals surface area contributed by atoms with Crippen LogP contribution in [-0.4, -0.2) is 33.3 Å². The third-order valence-corrected chi connectivity index (χ3v) is 3.95. The third kappa shape index (κ3) is 4.27. The summed E-state index contributed by atoms with van der Waals surface area (Å²) in [7, 11) is 3.21. The molecule has 0 radical (unpaired) electrons. The summed E-state index contributed by atoms with van der Waals surface area (Å²) >= 11 is 0. The van der Waals surface area contributed by atoms with E-state index in [1.54, 1.807) is 32.6 Å². The average Bonchev–Trinajstić information content (AvgIpc) is 3.07. The van der Waals surface area contributed by atoms with E-state index >= 15 is 0 Å². The molecule has 3 aromatic rings. The molecule has 0 aliphatic rings. The number of carbonyl (C=O) groups is 1. The van der Waals surface area contributed by atoms with Crippen molar-refractivity contribution < 1.29 is 23.4 Å². The van der Waals surface area contributed by atoms with Crippen LogP contribution >= 0.6 is 0 Å². The molecule has 0 saturated carbocycles. The van der Waals surface area contributed by atoms with Gasteiger partial charge in [0.25, 0.3) is 0 Å². The average molecular weight is 355 g/mol. The van der Waals surface area contributed by atoms with E-state index in [1.807, 2.05) is 30.3 Å². The Balaban J connectivity index is 1.48. The van der Waals surface area contributed by atoms with Crippen molar-refractivity contribution in [2.75, 3.05) is 27.4 Å². The Bertz CT molecular complexity index is 887. The molecule has 136 valence electrons. The first-order valence-electron chi connectivity index (χ1n) is 8.27. The highest BCUT2D eigenvalue weighted by molar-refractivity contribution is 5.88. The molecule has 26 heavy (non-hydrogen) atoms. The third-order valence-electron chi connectivity index (χ3n) is 3.95. The van der Waals surface area contributed by atoms with E-state index in [1.165, 1.54) is 0 Å². The van der Waals surface area contributed by atoms with Crippen LogP contribution in [0.4, 0.5) is 0 Å². The number of amides is 1. The van der Waals surface area contributed by atoms with Gasteiger partial charge < -0.3 is 23.9 Å². The van der Waals surface area contributed by atoms with Gasteiger partial charge in [-0.3, -0.25) is 4.79 Å². The summed E-state index contributed by atoms with van der Waals surface area (Å²) in [6.45, 7) is 0.794. The minimum absolute atomic E-state index is 0.0854. The highest BCUT2D eigenvalue weighted by Crippen LogP contribution is 2.25. The second-order valence-corrected chi connectivity index (χ2v) is 5.68. The van der Waals surface area contributed by atoms with E-state index in [0.717, 1.165) is 22.4 Å². The van der Waals surface area contributed by atoms with Gasteiger partial charge in [0, 0.05) is 23.1 Å². The number of hydrogen-bond donors (Lipinski definition) is 1. The van der Waals surface area contributed by atoms with E-state index in [0.29, 0.717) is 24.5 Å². The fourth-order valence-corrected chi connectivity index (χ4v) is 2.61. The second-order valence-electron chi connectivity index (χ2n) is 5.68. The van der Waals surface area contributed by atoms with Gasteiger partial charge in [-0.1, -0.05) is 6.07 Å². The number of carbonyl (C=O) groups excluding carboxylic acids is 1. The number of furan rings is 1. The van der Waals surface area contributed by atoms with Crippen LogP contribution in [0.1, 0.15) is 5.56 Å². The molecule has 3 rings (SSSR count). The summed E-state index contributed by atoms with van der Waals surface area (Å²) in [4.78, 5) is 12.1. The minimum Gasteiger partial charge on any atom is -0.497 e. The molecule has 6 nitrogen and oxygen atoms in total. The summed E-state index contributed by atoms with van der Waals surface area (Å²) in [6, 6.07) is 12.9. The fraction of sp³-hybridized carbons (Fsp3) is 0.250. The van der Waals surface area contributed by atoms with Gasteiger partial charge >= 0.3 is 0 Å². The van der Waals surface area contributed by atoms with Gasteiger partial charge in [-0.25, -0.2) is 0 Å². The lowest BCUT2D eigenvalue weighted by atomic mass is 10.1. The summed E-state index contributed by atoms with van der Waals surface area (Å²) < 4.78 is 21.4. The summed E-state index contributed by atoms with van der Waals surface area (Å²) in [5.41, 5.74) is 1.54. The highest BCUT2D eigenvalue weighted by atomic mass is 16.5. The van der Waals surface area contributed by atoms with E-state index in [4.69, 9.17) is 18.6 Å². The normalized spacial score (nSPS) is 10.5. The molecule has 6 heteroatoms. The topological polar surface area (TPSA) is 69.9 Å². The first-order valence-corrected chi connectivity index (χ1v) is 8.27. The molecule has 0 aliphatic carbocycles. The second kappa shape index (κ2) is 8.29. The molecule has 0 atom stereocenters. The van der Waals surface area contributed by atoms with Crippen molar-refractivity contribution in [3.8, 4) is 17.2 Å². The molecule has 1 amide bonds. The van der Waals surface area contributed by atoms with Crippen LogP contribution in [0.2, 0.25) is 0 Å². The van der Waals surface area contributed by atoms with Crippen LogP contribution in [0.5, 0.6) is 17.2 Å². The lowest BCUT2D eigenvalue weighted by Gasteiger charge is -2.08. The molecule has 2 aromatic carbocycles. The fourth-order valence-electron chi connectivity index (χ4n) is 2.61. The van der Waals surface area contributed by atoms with Gasteiger partial charge in [0.15, 0.2) is 0 Å².